The van der Waals surface area contributed by atoms with Gasteiger partial charge in [-0.05, 0) is 72.5 Å². The third kappa shape index (κ3) is 12.1. The summed E-state index contributed by atoms with van der Waals surface area (Å²) in [6, 6.07) is 31.8. The zero-order chi connectivity index (χ0) is 46.9. The van der Waals surface area contributed by atoms with Crippen LogP contribution in [0.2, 0.25) is 0 Å². The van der Waals surface area contributed by atoms with Crippen LogP contribution in [-0.2, 0) is 83.6 Å². The minimum absolute atomic E-state index is 0.00452. The van der Waals surface area contributed by atoms with Crippen molar-refractivity contribution in [1.82, 2.24) is 4.90 Å². The molecule has 18 heteroatoms. The Morgan fingerprint density at radius 3 is 1.62 bits per heavy atom. The van der Waals surface area contributed by atoms with Crippen LogP contribution >= 0.6 is 0 Å². The number of methoxy groups -OCH3 is 5. The number of ether oxygens (including phenoxy) is 12. The van der Waals surface area contributed by atoms with Crippen molar-refractivity contribution < 1.29 is 74.0 Å². The summed E-state index contributed by atoms with van der Waals surface area (Å²) in [5, 5.41) is 0. The van der Waals surface area contributed by atoms with Crippen molar-refractivity contribution in [3.63, 3.8) is 0 Å². The van der Waals surface area contributed by atoms with Gasteiger partial charge in [0.05, 0.1) is 66.5 Å². The van der Waals surface area contributed by atoms with E-state index in [0.29, 0.717) is 11.5 Å². The number of likely N-dealkylation sites (tertiary alicyclic amines) is 1. The van der Waals surface area contributed by atoms with Gasteiger partial charge in [0, 0.05) is 27.3 Å². The first-order valence-electron chi connectivity index (χ1n) is 21.6. The summed E-state index contributed by atoms with van der Waals surface area (Å²) in [6.07, 6.45) is -7.28. The molecule has 0 spiro atoms. The van der Waals surface area contributed by atoms with Gasteiger partial charge in [-0.25, -0.2) is 4.18 Å². The van der Waals surface area contributed by atoms with Crippen molar-refractivity contribution in [2.75, 3.05) is 55.2 Å². The normalized spacial score (nSPS) is 29.0. The first-order chi connectivity index (χ1) is 31.8. The Kier molecular flexibility index (Phi) is 16.7. The van der Waals surface area contributed by atoms with Crippen LogP contribution in [0.1, 0.15) is 36.1 Å². The van der Waals surface area contributed by atoms with Crippen molar-refractivity contribution >= 4 is 10.4 Å². The highest BCUT2D eigenvalue weighted by atomic mass is 32.3. The molecule has 66 heavy (non-hydrogen) atoms. The molecule has 7 rings (SSSR count). The van der Waals surface area contributed by atoms with Crippen molar-refractivity contribution in [2.24, 2.45) is 0 Å². The first-order valence-corrected chi connectivity index (χ1v) is 23.0. The summed E-state index contributed by atoms with van der Waals surface area (Å²) in [6.45, 7) is 4.53. The third-order valence-corrected chi connectivity index (χ3v) is 12.9. The molecule has 10 atom stereocenters. The number of fused-ring (bicyclic) bond motifs is 1. The fourth-order valence-corrected chi connectivity index (χ4v) is 8.93. The maximum absolute atomic E-state index is 12.8. The second-order valence-electron chi connectivity index (χ2n) is 16.5. The van der Waals surface area contributed by atoms with Gasteiger partial charge in [0.15, 0.2) is 6.29 Å². The minimum atomic E-state index is -5.11. The molecule has 3 heterocycles. The summed E-state index contributed by atoms with van der Waals surface area (Å²) in [7, 11) is 2.57. The molecule has 0 aliphatic carbocycles. The van der Waals surface area contributed by atoms with Crippen molar-refractivity contribution in [3.05, 3.63) is 125 Å². The number of nitrogens with zero attached hydrogens (tertiary/aromatic N) is 1. The molecular formula is C48H61NO16S. The molecule has 0 bridgehead atoms. The van der Waals surface area contributed by atoms with E-state index in [9.17, 15) is 13.0 Å². The molecule has 0 radical (unpaired) electrons. The lowest BCUT2D eigenvalue weighted by molar-refractivity contribution is -0.483. The van der Waals surface area contributed by atoms with Crippen LogP contribution in [0.25, 0.3) is 0 Å². The largest absolute Gasteiger partial charge is 0.497 e. The minimum Gasteiger partial charge on any atom is -0.497 e. The predicted molar refractivity (Wildman–Crippen MR) is 238 cm³/mol. The molecule has 0 unspecified atom stereocenters. The quantitative estimate of drug-likeness (QED) is 0.0946. The molecule has 0 aromatic heterocycles. The Morgan fingerprint density at radius 2 is 1.11 bits per heavy atom. The monoisotopic (exact) mass is 939 g/mol. The van der Waals surface area contributed by atoms with E-state index in [1.54, 1.807) is 35.2 Å². The Balaban J connectivity index is 1.23. The lowest BCUT2D eigenvalue weighted by Crippen LogP contribution is -2.73. The van der Waals surface area contributed by atoms with Gasteiger partial charge in [-0.1, -0.05) is 66.7 Å². The Morgan fingerprint density at radius 1 is 0.621 bits per heavy atom. The summed E-state index contributed by atoms with van der Waals surface area (Å²) < 4.78 is 115. The fraction of sp³-hybridized carbons (Fsp3) is 0.500. The van der Waals surface area contributed by atoms with E-state index in [2.05, 4.69) is 4.90 Å². The molecule has 1 N–H and O–H groups in total. The summed E-state index contributed by atoms with van der Waals surface area (Å²) in [5.74, 6) is -0.976. The fourth-order valence-electron chi connectivity index (χ4n) is 8.42. The van der Waals surface area contributed by atoms with E-state index in [1.165, 1.54) is 14.2 Å². The molecule has 0 saturated carbocycles. The molecule has 3 aliphatic heterocycles. The zero-order valence-corrected chi connectivity index (χ0v) is 39.1. The first kappa shape index (κ1) is 49.6. The molecule has 360 valence electrons. The van der Waals surface area contributed by atoms with E-state index in [4.69, 9.17) is 61.0 Å². The van der Waals surface area contributed by atoms with Crippen LogP contribution in [0.15, 0.2) is 103 Å². The van der Waals surface area contributed by atoms with Gasteiger partial charge in [-0.2, -0.15) is 8.42 Å². The van der Waals surface area contributed by atoms with E-state index in [0.717, 1.165) is 28.0 Å². The van der Waals surface area contributed by atoms with Crippen LogP contribution in [-0.4, -0.2) is 134 Å². The third-order valence-electron chi connectivity index (χ3n) is 12.4. The summed E-state index contributed by atoms with van der Waals surface area (Å²) >= 11 is 0. The molecule has 17 nitrogen and oxygen atoms in total. The molecule has 3 aliphatic rings. The van der Waals surface area contributed by atoms with Crippen LogP contribution in [0, 0.1) is 0 Å². The van der Waals surface area contributed by atoms with Gasteiger partial charge in [-0.3, -0.25) is 9.45 Å². The second-order valence-corrected chi connectivity index (χ2v) is 17.5. The Bertz CT molecular complexity index is 2220. The molecule has 4 aromatic carbocycles. The number of hydrogen-bond acceptors (Lipinski definition) is 16. The van der Waals surface area contributed by atoms with Gasteiger partial charge in [-0.15, -0.1) is 0 Å². The highest BCUT2D eigenvalue weighted by molar-refractivity contribution is 7.80. The van der Waals surface area contributed by atoms with Gasteiger partial charge in [0.2, 0.25) is 11.6 Å². The van der Waals surface area contributed by atoms with Crippen LogP contribution in [0.3, 0.4) is 0 Å². The topological polar surface area (TPSA) is 178 Å². The zero-order valence-electron chi connectivity index (χ0n) is 38.3. The average molecular weight is 940 g/mol. The maximum Gasteiger partial charge on any atom is 0.397 e. The lowest BCUT2D eigenvalue weighted by Gasteiger charge is -2.57. The summed E-state index contributed by atoms with van der Waals surface area (Å²) in [4.78, 5) is 2.06. The van der Waals surface area contributed by atoms with Crippen LogP contribution in [0.4, 0.5) is 0 Å². The number of rotatable bonds is 22. The predicted octanol–water partition coefficient (Wildman–Crippen LogP) is 5.72. The molecular weight excluding hydrogens is 879 g/mol. The average Bonchev–Trinajstić information content (AvgIpc) is 3.66. The smallest absolute Gasteiger partial charge is 0.397 e. The number of benzene rings is 4. The second kappa shape index (κ2) is 22.2. The van der Waals surface area contributed by atoms with Crippen molar-refractivity contribution in [2.45, 2.75) is 101 Å². The highest BCUT2D eigenvalue weighted by Crippen LogP contribution is 2.45. The van der Waals surface area contributed by atoms with Crippen LogP contribution in [0.5, 0.6) is 17.2 Å². The molecule has 3 fully saturated rings. The van der Waals surface area contributed by atoms with Gasteiger partial charge >= 0.3 is 10.4 Å². The Hall–Kier alpha value is -4.25. The van der Waals surface area contributed by atoms with E-state index >= 15 is 0 Å². The van der Waals surface area contributed by atoms with E-state index in [-0.39, 0.29) is 46.1 Å². The standard InChI is InChI=1S/C48H61NO16S/c1-47(56-6)48(2,57-7)64-45-44(63-47)43(65-66(50,51)52)41(62-46(45)61-30-32-11-9-8-10-12-32)26-49-25-40(59-28-34-15-21-37(54-4)22-16-34)42(60-29-35-17-23-38(55-5)24-18-35)39(49)31-58-27-33-13-19-36(53-3)20-14-33/h8-24,39-46H,25-31H2,1-7H3,(H,50,51,52)/t39-,40-,41-,42-,43+,44+,45-,46-,47-,48-/m1/s1. The molecule has 3 saturated heterocycles. The SMILES string of the molecule is COc1ccc(COC[C@@H]2[C@@H](OCc3ccc(OC)cc3)[C@H](OCc3ccc(OC)cc3)CN2C[C@H]2O[C@@H](OCc3ccccc3)[C@@H]3O[C@@](C)(OC)[C@](C)(OC)O[C@H]3[C@H]2OS(=O)(=O)O)cc1. The maximum atomic E-state index is 12.8. The van der Waals surface area contributed by atoms with Gasteiger partial charge in [0.25, 0.3) is 0 Å². The van der Waals surface area contributed by atoms with Crippen molar-refractivity contribution in [3.8, 4) is 17.2 Å². The summed E-state index contributed by atoms with van der Waals surface area (Å²) in [5.41, 5.74) is 3.58. The number of hydrogen-bond donors (Lipinski definition) is 1. The van der Waals surface area contributed by atoms with E-state index in [1.807, 2.05) is 103 Å². The van der Waals surface area contributed by atoms with E-state index < -0.39 is 70.9 Å². The van der Waals surface area contributed by atoms with Gasteiger partial charge < -0.3 is 56.8 Å². The Labute approximate surface area is 386 Å². The lowest BCUT2D eigenvalue weighted by atomic mass is 9.93. The highest BCUT2D eigenvalue weighted by Gasteiger charge is 2.64. The molecule has 0 amide bonds. The van der Waals surface area contributed by atoms with Crippen molar-refractivity contribution in [1.29, 1.82) is 0 Å². The van der Waals surface area contributed by atoms with Gasteiger partial charge in [0.1, 0.15) is 47.8 Å². The van der Waals surface area contributed by atoms with Crippen LogP contribution < -0.4 is 14.2 Å². The molecule has 4 aromatic rings.